The second-order valence-corrected chi connectivity index (χ2v) is 3.10. The summed E-state index contributed by atoms with van der Waals surface area (Å²) in [5, 5.41) is 8.58. The molecule has 0 fully saturated rings. The van der Waals surface area contributed by atoms with E-state index in [-0.39, 0.29) is 12.6 Å². The minimum absolute atomic E-state index is 0.271. The molecule has 0 aliphatic carbocycles. The second-order valence-electron chi connectivity index (χ2n) is 3.10. The van der Waals surface area contributed by atoms with E-state index in [9.17, 15) is 9.59 Å². The van der Waals surface area contributed by atoms with Crippen molar-refractivity contribution < 1.29 is 19.4 Å². The molecule has 0 radical (unpaired) electrons. The first kappa shape index (κ1) is 13.7. The topological polar surface area (TPSA) is 70.1 Å². The molecule has 6 nitrogen and oxygen atoms in total. The highest BCUT2D eigenvalue weighted by atomic mass is 16.5. The van der Waals surface area contributed by atoms with Crippen LogP contribution in [0.1, 0.15) is 6.92 Å². The number of methoxy groups -OCH3 is 1. The third-order valence-electron chi connectivity index (χ3n) is 1.94. The molecular formula is C9H18N2O4. The molecule has 0 bridgehead atoms. The van der Waals surface area contributed by atoms with Crippen LogP contribution < -0.4 is 0 Å². The summed E-state index contributed by atoms with van der Waals surface area (Å²) in [4.78, 5) is 24.8. The van der Waals surface area contributed by atoms with Crippen molar-refractivity contribution in [2.24, 2.45) is 0 Å². The molecule has 0 saturated heterocycles. The molecule has 0 unspecified atom stereocenters. The minimum atomic E-state index is -1.01. The van der Waals surface area contributed by atoms with Crippen LogP contribution in [-0.2, 0) is 9.53 Å². The van der Waals surface area contributed by atoms with E-state index in [1.165, 1.54) is 9.80 Å². The van der Waals surface area contributed by atoms with Crippen molar-refractivity contribution in [2.75, 3.05) is 40.4 Å². The normalized spacial score (nSPS) is 9.80. The minimum Gasteiger partial charge on any atom is -0.480 e. The Kier molecular flexibility index (Phi) is 6.44. The number of likely N-dealkylation sites (N-methyl/N-ethyl adjacent to an activating group) is 2. The first-order valence-corrected chi connectivity index (χ1v) is 4.73. The molecule has 2 amide bonds. The Labute approximate surface area is 89.4 Å². The number of rotatable bonds is 6. The lowest BCUT2D eigenvalue weighted by Crippen LogP contribution is -2.44. The summed E-state index contributed by atoms with van der Waals surface area (Å²) in [5.74, 6) is -1.01. The molecule has 6 heteroatoms. The van der Waals surface area contributed by atoms with Crippen LogP contribution in [0.2, 0.25) is 0 Å². The summed E-state index contributed by atoms with van der Waals surface area (Å²) in [7, 11) is 3.17. The van der Waals surface area contributed by atoms with Crippen LogP contribution in [0.3, 0.4) is 0 Å². The molecule has 0 heterocycles. The fourth-order valence-corrected chi connectivity index (χ4v) is 1.04. The van der Waals surface area contributed by atoms with Crippen molar-refractivity contribution in [1.29, 1.82) is 0 Å². The summed E-state index contributed by atoms with van der Waals surface area (Å²) < 4.78 is 4.83. The Morgan fingerprint density at radius 2 is 2.00 bits per heavy atom. The molecule has 1 N–H and O–H groups in total. The summed E-state index contributed by atoms with van der Waals surface area (Å²) in [6.07, 6.45) is 0. The van der Waals surface area contributed by atoms with Crippen LogP contribution in [0.15, 0.2) is 0 Å². The fourth-order valence-electron chi connectivity index (χ4n) is 1.04. The first-order chi connectivity index (χ1) is 7.02. The number of nitrogens with zero attached hydrogens (tertiary/aromatic N) is 2. The van der Waals surface area contributed by atoms with Crippen molar-refractivity contribution in [1.82, 2.24) is 9.80 Å². The molecule has 0 saturated carbocycles. The number of urea groups is 1. The predicted octanol–water partition coefficient (Wildman–Crippen LogP) is 0.0911. The highest BCUT2D eigenvalue weighted by molar-refractivity contribution is 5.79. The Hall–Kier alpha value is -1.30. The van der Waals surface area contributed by atoms with Gasteiger partial charge in [0.25, 0.3) is 0 Å². The van der Waals surface area contributed by atoms with Gasteiger partial charge in [-0.3, -0.25) is 4.79 Å². The van der Waals surface area contributed by atoms with Crippen LogP contribution in [0.25, 0.3) is 0 Å². The number of amides is 2. The van der Waals surface area contributed by atoms with Gasteiger partial charge in [-0.25, -0.2) is 4.79 Å². The van der Waals surface area contributed by atoms with Gasteiger partial charge in [-0.1, -0.05) is 0 Å². The van der Waals surface area contributed by atoms with E-state index < -0.39 is 5.97 Å². The summed E-state index contributed by atoms with van der Waals surface area (Å²) in [5.41, 5.74) is 0. The summed E-state index contributed by atoms with van der Waals surface area (Å²) in [6.45, 7) is 2.73. The van der Waals surface area contributed by atoms with Crippen LogP contribution in [0.4, 0.5) is 4.79 Å². The smallest absolute Gasteiger partial charge is 0.323 e. The van der Waals surface area contributed by atoms with E-state index in [1.807, 2.05) is 0 Å². The summed E-state index contributed by atoms with van der Waals surface area (Å²) >= 11 is 0. The quantitative estimate of drug-likeness (QED) is 0.686. The number of aliphatic carboxylic acids is 1. The average molecular weight is 218 g/mol. The van der Waals surface area contributed by atoms with Crippen molar-refractivity contribution in [3.8, 4) is 0 Å². The maximum absolute atomic E-state index is 11.6. The zero-order valence-electron chi connectivity index (χ0n) is 9.39. The number of carboxylic acid groups (broad SMARTS) is 1. The second kappa shape index (κ2) is 7.05. The number of carbonyl (C=O) groups excluding carboxylic acids is 1. The van der Waals surface area contributed by atoms with Crippen molar-refractivity contribution in [3.05, 3.63) is 0 Å². The lowest BCUT2D eigenvalue weighted by molar-refractivity contribution is -0.137. The number of hydrogen-bond donors (Lipinski definition) is 1. The zero-order chi connectivity index (χ0) is 11.8. The maximum Gasteiger partial charge on any atom is 0.323 e. The molecule has 0 aliphatic heterocycles. The lowest BCUT2D eigenvalue weighted by atomic mass is 10.5. The van der Waals surface area contributed by atoms with E-state index in [0.29, 0.717) is 19.7 Å². The standard InChI is InChI=1S/C9H18N2O4/c1-4-11(7-8(12)13)9(14)10(2)5-6-15-3/h4-7H2,1-3H3,(H,12,13). The third-order valence-corrected chi connectivity index (χ3v) is 1.94. The predicted molar refractivity (Wildman–Crippen MR) is 54.8 cm³/mol. The highest BCUT2D eigenvalue weighted by Gasteiger charge is 2.18. The van der Waals surface area contributed by atoms with Crippen LogP contribution in [0.5, 0.6) is 0 Å². The van der Waals surface area contributed by atoms with Crippen molar-refractivity contribution >= 4 is 12.0 Å². The van der Waals surface area contributed by atoms with Gasteiger partial charge in [-0.05, 0) is 6.92 Å². The van der Waals surface area contributed by atoms with Crippen LogP contribution >= 0.6 is 0 Å². The monoisotopic (exact) mass is 218 g/mol. The number of carbonyl (C=O) groups is 2. The van der Waals surface area contributed by atoms with Gasteiger partial charge in [-0.15, -0.1) is 0 Å². The van der Waals surface area contributed by atoms with Gasteiger partial charge in [0, 0.05) is 27.2 Å². The van der Waals surface area contributed by atoms with Crippen LogP contribution in [0, 0.1) is 0 Å². The Morgan fingerprint density at radius 1 is 1.40 bits per heavy atom. The van der Waals surface area contributed by atoms with E-state index in [0.717, 1.165) is 0 Å². The fraction of sp³-hybridized carbons (Fsp3) is 0.778. The summed E-state index contributed by atoms with van der Waals surface area (Å²) in [6, 6.07) is -0.294. The van der Waals surface area contributed by atoms with Gasteiger partial charge in [0.15, 0.2) is 0 Å². The largest absolute Gasteiger partial charge is 0.480 e. The van der Waals surface area contributed by atoms with Gasteiger partial charge >= 0.3 is 12.0 Å². The van der Waals surface area contributed by atoms with Gasteiger partial charge in [0.1, 0.15) is 6.54 Å². The molecular weight excluding hydrogens is 200 g/mol. The number of hydrogen-bond acceptors (Lipinski definition) is 3. The Balaban J connectivity index is 4.17. The van der Waals surface area contributed by atoms with Gasteiger partial charge in [0.05, 0.1) is 6.61 Å². The molecule has 0 spiro atoms. The zero-order valence-corrected chi connectivity index (χ0v) is 9.39. The highest BCUT2D eigenvalue weighted by Crippen LogP contribution is 1.96. The molecule has 15 heavy (non-hydrogen) atoms. The third kappa shape index (κ3) is 5.21. The van der Waals surface area contributed by atoms with E-state index in [2.05, 4.69) is 0 Å². The Bertz CT molecular complexity index is 220. The first-order valence-electron chi connectivity index (χ1n) is 4.73. The number of carboxylic acids is 1. The lowest BCUT2D eigenvalue weighted by Gasteiger charge is -2.25. The van der Waals surface area contributed by atoms with Gasteiger partial charge in [0.2, 0.25) is 0 Å². The Morgan fingerprint density at radius 3 is 2.40 bits per heavy atom. The number of ether oxygens (including phenoxy) is 1. The van der Waals surface area contributed by atoms with Crippen molar-refractivity contribution in [3.63, 3.8) is 0 Å². The van der Waals surface area contributed by atoms with Gasteiger partial charge in [-0.2, -0.15) is 0 Å². The SMILES string of the molecule is CCN(CC(=O)O)C(=O)N(C)CCOC. The molecule has 0 aliphatic rings. The van der Waals surface area contributed by atoms with E-state index in [4.69, 9.17) is 9.84 Å². The maximum atomic E-state index is 11.6. The molecule has 0 aromatic rings. The van der Waals surface area contributed by atoms with E-state index in [1.54, 1.807) is 21.1 Å². The average Bonchev–Trinajstić information content (AvgIpc) is 2.21. The van der Waals surface area contributed by atoms with E-state index >= 15 is 0 Å². The molecule has 0 aromatic heterocycles. The van der Waals surface area contributed by atoms with Crippen LogP contribution in [-0.4, -0.2) is 67.3 Å². The molecule has 0 atom stereocenters. The molecule has 0 aromatic carbocycles. The molecule has 0 rings (SSSR count). The van der Waals surface area contributed by atoms with Crippen molar-refractivity contribution in [2.45, 2.75) is 6.92 Å². The molecule has 88 valence electrons. The van der Waals surface area contributed by atoms with Gasteiger partial charge < -0.3 is 19.6 Å².